The topological polar surface area (TPSA) is 32.3 Å². The van der Waals surface area contributed by atoms with Crippen LogP contribution in [0.5, 0.6) is 0 Å². The molecule has 0 aliphatic rings. The van der Waals surface area contributed by atoms with Gasteiger partial charge in [0.15, 0.2) is 0 Å². The first kappa shape index (κ1) is 13.7. The second-order valence-corrected chi connectivity index (χ2v) is 4.83. The van der Waals surface area contributed by atoms with Gasteiger partial charge in [0.25, 0.3) is 0 Å². The number of hydrogen-bond acceptors (Lipinski definition) is 2. The molecule has 0 aromatic heterocycles. The Kier molecular flexibility index (Phi) is 6.69. The van der Waals surface area contributed by atoms with Crippen molar-refractivity contribution in [3.05, 3.63) is 34.3 Å². The number of aliphatic hydroxyl groups excluding tert-OH is 1. The molecule has 0 bridgehead atoms. The number of hydrogen-bond donors (Lipinski definition) is 2. The summed E-state index contributed by atoms with van der Waals surface area (Å²) in [6, 6.07) is 8.23. The van der Waals surface area contributed by atoms with Crippen molar-refractivity contribution in [2.24, 2.45) is 0 Å². The molecule has 0 amide bonds. The number of rotatable bonds is 7. The number of benzene rings is 1. The van der Waals surface area contributed by atoms with E-state index in [0.29, 0.717) is 0 Å². The minimum absolute atomic E-state index is 0.134. The van der Waals surface area contributed by atoms with Gasteiger partial charge >= 0.3 is 0 Å². The Morgan fingerprint density at radius 1 is 1.38 bits per heavy atom. The first-order valence-corrected chi connectivity index (χ1v) is 6.65. The number of halogens is 1. The molecule has 1 unspecified atom stereocenters. The summed E-state index contributed by atoms with van der Waals surface area (Å²) in [7, 11) is 0. The highest BCUT2D eigenvalue weighted by atomic mass is 79.9. The Balaban J connectivity index is 2.14. The normalized spacial score (nSPS) is 12.7. The molecule has 0 spiro atoms. The fourth-order valence-electron chi connectivity index (χ4n) is 1.53. The molecule has 2 nitrogen and oxygen atoms in total. The summed E-state index contributed by atoms with van der Waals surface area (Å²) >= 11 is 3.52. The van der Waals surface area contributed by atoms with Crippen LogP contribution in [-0.2, 0) is 6.54 Å². The molecule has 1 atom stereocenters. The van der Waals surface area contributed by atoms with E-state index in [0.717, 1.165) is 36.8 Å². The molecular weight excluding hydrogens is 266 g/mol. The number of aliphatic hydroxyl groups is 1. The van der Waals surface area contributed by atoms with E-state index in [2.05, 4.69) is 33.4 Å². The van der Waals surface area contributed by atoms with Crippen molar-refractivity contribution in [1.29, 1.82) is 0 Å². The molecule has 0 saturated carbocycles. The van der Waals surface area contributed by atoms with Gasteiger partial charge in [-0.1, -0.05) is 41.1 Å². The minimum Gasteiger partial charge on any atom is -0.393 e. The van der Waals surface area contributed by atoms with Crippen molar-refractivity contribution in [3.8, 4) is 0 Å². The first-order chi connectivity index (χ1) is 7.74. The lowest BCUT2D eigenvalue weighted by atomic mass is 10.1. The Labute approximate surface area is 106 Å². The van der Waals surface area contributed by atoms with E-state index in [9.17, 15) is 5.11 Å². The van der Waals surface area contributed by atoms with Crippen molar-refractivity contribution >= 4 is 15.9 Å². The molecule has 0 radical (unpaired) electrons. The third-order valence-electron chi connectivity index (χ3n) is 2.64. The van der Waals surface area contributed by atoms with E-state index in [1.54, 1.807) is 0 Å². The van der Waals surface area contributed by atoms with E-state index in [1.165, 1.54) is 5.56 Å². The summed E-state index contributed by atoms with van der Waals surface area (Å²) < 4.78 is 1.15. The second-order valence-electron chi connectivity index (χ2n) is 3.97. The van der Waals surface area contributed by atoms with Crippen molar-refractivity contribution in [3.63, 3.8) is 0 Å². The molecule has 1 aromatic carbocycles. The third kappa shape index (κ3) is 5.10. The molecule has 3 heteroatoms. The van der Waals surface area contributed by atoms with Crippen LogP contribution in [-0.4, -0.2) is 17.8 Å². The average molecular weight is 286 g/mol. The summed E-state index contributed by atoms with van der Waals surface area (Å²) in [5, 5.41) is 12.8. The lowest BCUT2D eigenvalue weighted by Gasteiger charge is -2.09. The van der Waals surface area contributed by atoms with Crippen LogP contribution in [0.15, 0.2) is 28.7 Å². The summed E-state index contributed by atoms with van der Waals surface area (Å²) in [6.45, 7) is 3.85. The largest absolute Gasteiger partial charge is 0.393 e. The average Bonchev–Trinajstić information content (AvgIpc) is 2.30. The Morgan fingerprint density at radius 3 is 2.81 bits per heavy atom. The zero-order valence-electron chi connectivity index (χ0n) is 9.75. The van der Waals surface area contributed by atoms with Crippen LogP contribution in [0.3, 0.4) is 0 Å². The quantitative estimate of drug-likeness (QED) is 0.755. The molecule has 90 valence electrons. The Hall–Kier alpha value is -0.380. The minimum atomic E-state index is -0.134. The fraction of sp³-hybridized carbons (Fsp3) is 0.538. The lowest BCUT2D eigenvalue weighted by molar-refractivity contribution is 0.157. The molecule has 2 N–H and O–H groups in total. The van der Waals surface area contributed by atoms with Crippen molar-refractivity contribution in [2.45, 2.75) is 38.8 Å². The summed E-state index contributed by atoms with van der Waals surface area (Å²) in [4.78, 5) is 0. The highest BCUT2D eigenvalue weighted by molar-refractivity contribution is 9.10. The van der Waals surface area contributed by atoms with Crippen LogP contribution in [0, 0.1) is 0 Å². The van der Waals surface area contributed by atoms with E-state index < -0.39 is 0 Å². The zero-order chi connectivity index (χ0) is 11.8. The third-order valence-corrected chi connectivity index (χ3v) is 3.41. The summed E-state index contributed by atoms with van der Waals surface area (Å²) in [5.74, 6) is 0. The fourth-order valence-corrected chi connectivity index (χ4v) is 1.96. The van der Waals surface area contributed by atoms with Gasteiger partial charge in [-0.15, -0.1) is 0 Å². The van der Waals surface area contributed by atoms with Gasteiger partial charge in [-0.2, -0.15) is 0 Å². The molecule has 1 rings (SSSR count). The van der Waals surface area contributed by atoms with Gasteiger partial charge in [0.2, 0.25) is 0 Å². The van der Waals surface area contributed by atoms with E-state index in [1.807, 2.05) is 19.1 Å². The van der Waals surface area contributed by atoms with Gasteiger partial charge in [0.05, 0.1) is 6.10 Å². The highest BCUT2D eigenvalue weighted by Crippen LogP contribution is 2.15. The van der Waals surface area contributed by atoms with Crippen molar-refractivity contribution in [1.82, 2.24) is 5.32 Å². The number of nitrogens with one attached hydrogen (secondary N) is 1. The molecule has 0 aliphatic carbocycles. The first-order valence-electron chi connectivity index (χ1n) is 5.86. The molecule has 0 saturated heterocycles. The molecule has 16 heavy (non-hydrogen) atoms. The van der Waals surface area contributed by atoms with Gasteiger partial charge in [0.1, 0.15) is 0 Å². The van der Waals surface area contributed by atoms with Crippen LogP contribution in [0.1, 0.15) is 31.7 Å². The van der Waals surface area contributed by atoms with Crippen LogP contribution in [0.4, 0.5) is 0 Å². The maximum Gasteiger partial charge on any atom is 0.0538 e. The standard InChI is InChI=1S/C13H20BrNO/c1-2-12(16)7-5-9-15-10-11-6-3-4-8-13(11)14/h3-4,6,8,12,15-16H,2,5,7,9-10H2,1H3. The maximum absolute atomic E-state index is 9.38. The Bertz CT molecular complexity index is 304. The van der Waals surface area contributed by atoms with Crippen molar-refractivity contribution < 1.29 is 5.11 Å². The molecule has 0 aliphatic heterocycles. The van der Waals surface area contributed by atoms with Crippen LogP contribution in [0.2, 0.25) is 0 Å². The highest BCUT2D eigenvalue weighted by Gasteiger charge is 2.00. The predicted molar refractivity (Wildman–Crippen MR) is 71.4 cm³/mol. The van der Waals surface area contributed by atoms with E-state index in [4.69, 9.17) is 0 Å². The smallest absolute Gasteiger partial charge is 0.0538 e. The summed E-state index contributed by atoms with van der Waals surface area (Å²) in [6.07, 6.45) is 2.63. The Morgan fingerprint density at radius 2 is 2.12 bits per heavy atom. The van der Waals surface area contributed by atoms with E-state index in [-0.39, 0.29) is 6.10 Å². The van der Waals surface area contributed by atoms with Gasteiger partial charge in [-0.05, 0) is 37.4 Å². The van der Waals surface area contributed by atoms with Crippen molar-refractivity contribution in [2.75, 3.05) is 6.54 Å². The summed E-state index contributed by atoms with van der Waals surface area (Å²) in [5.41, 5.74) is 1.28. The lowest BCUT2D eigenvalue weighted by Crippen LogP contribution is -2.17. The van der Waals surface area contributed by atoms with Crippen LogP contribution in [0.25, 0.3) is 0 Å². The SMILES string of the molecule is CCC(O)CCCNCc1ccccc1Br. The predicted octanol–water partition coefficient (Wildman–Crippen LogP) is 3.09. The molecule has 0 heterocycles. The second kappa shape index (κ2) is 7.82. The molecular formula is C13H20BrNO. The maximum atomic E-state index is 9.38. The molecule has 1 aromatic rings. The van der Waals surface area contributed by atoms with Gasteiger partial charge in [-0.25, -0.2) is 0 Å². The molecule has 0 fully saturated rings. The van der Waals surface area contributed by atoms with Gasteiger partial charge < -0.3 is 10.4 Å². The van der Waals surface area contributed by atoms with Crippen LogP contribution < -0.4 is 5.32 Å². The van der Waals surface area contributed by atoms with Gasteiger partial charge in [-0.3, -0.25) is 0 Å². The van der Waals surface area contributed by atoms with E-state index >= 15 is 0 Å². The van der Waals surface area contributed by atoms with Crippen LogP contribution >= 0.6 is 15.9 Å². The van der Waals surface area contributed by atoms with Gasteiger partial charge in [0, 0.05) is 11.0 Å². The zero-order valence-corrected chi connectivity index (χ0v) is 11.3. The monoisotopic (exact) mass is 285 g/mol.